The Morgan fingerprint density at radius 2 is 2.38 bits per heavy atom. The van der Waals surface area contributed by atoms with Crippen molar-refractivity contribution in [2.75, 3.05) is 6.61 Å². The Morgan fingerprint density at radius 1 is 1.69 bits per heavy atom. The third-order valence-corrected chi connectivity index (χ3v) is 2.27. The van der Waals surface area contributed by atoms with Gasteiger partial charge in [0.05, 0.1) is 6.61 Å². The van der Waals surface area contributed by atoms with Gasteiger partial charge in [0.25, 0.3) is 0 Å². The van der Waals surface area contributed by atoms with E-state index in [1.807, 2.05) is 13.8 Å². The van der Waals surface area contributed by atoms with Gasteiger partial charge < -0.3 is 9.84 Å². The van der Waals surface area contributed by atoms with Crippen molar-refractivity contribution in [3.8, 4) is 5.75 Å². The Morgan fingerprint density at radius 3 is 2.85 bits per heavy atom. The van der Waals surface area contributed by atoms with Crippen LogP contribution in [0, 0.1) is 5.92 Å². The van der Waals surface area contributed by atoms with Gasteiger partial charge in [-0.15, -0.1) is 11.3 Å². The van der Waals surface area contributed by atoms with Crippen LogP contribution in [0.2, 0.25) is 0 Å². The summed E-state index contributed by atoms with van der Waals surface area (Å²) in [6.45, 7) is 4.71. The molecule has 1 aromatic rings. The maximum absolute atomic E-state index is 10.5. The molecule has 0 unspecified atom stereocenters. The largest absolute Gasteiger partial charge is 0.492 e. The predicted octanol–water partition coefficient (Wildman–Crippen LogP) is 2.48. The van der Waals surface area contributed by atoms with Gasteiger partial charge in [-0.1, -0.05) is 13.8 Å². The second-order valence-corrected chi connectivity index (χ2v) is 4.07. The number of hydrogen-bond acceptors (Lipinski definition) is 3. The molecule has 0 radical (unpaired) electrons. The highest BCUT2D eigenvalue weighted by Crippen LogP contribution is 2.21. The molecule has 1 N–H and O–H groups in total. The minimum atomic E-state index is -0.899. The summed E-state index contributed by atoms with van der Waals surface area (Å²) >= 11 is 1.18. The molecule has 0 aliphatic rings. The quantitative estimate of drug-likeness (QED) is 0.812. The lowest BCUT2D eigenvalue weighted by atomic mass is 10.2. The molecular formula is C9H12O3S. The zero-order valence-corrected chi connectivity index (χ0v) is 8.43. The fourth-order valence-electron chi connectivity index (χ4n) is 0.770. The van der Waals surface area contributed by atoms with E-state index in [2.05, 4.69) is 0 Å². The van der Waals surface area contributed by atoms with E-state index in [1.165, 1.54) is 11.3 Å². The highest BCUT2D eigenvalue weighted by atomic mass is 32.1. The van der Waals surface area contributed by atoms with Crippen molar-refractivity contribution >= 4 is 17.3 Å². The van der Waals surface area contributed by atoms with Gasteiger partial charge in [0.2, 0.25) is 0 Å². The standard InChI is InChI=1S/C9H12O3S/c1-6(2)4-12-7-3-8(9(10)11)13-5-7/h3,5-6H,4H2,1-2H3,(H,10,11). The lowest BCUT2D eigenvalue weighted by Gasteiger charge is -2.05. The van der Waals surface area contributed by atoms with E-state index >= 15 is 0 Å². The van der Waals surface area contributed by atoms with E-state index < -0.39 is 5.97 Å². The molecule has 0 fully saturated rings. The summed E-state index contributed by atoms with van der Waals surface area (Å²) in [5, 5.41) is 10.3. The Balaban J connectivity index is 2.54. The predicted molar refractivity (Wildman–Crippen MR) is 51.6 cm³/mol. The molecule has 1 rings (SSSR count). The van der Waals surface area contributed by atoms with Crippen molar-refractivity contribution < 1.29 is 14.6 Å². The summed E-state index contributed by atoms with van der Waals surface area (Å²) in [5.41, 5.74) is 0. The summed E-state index contributed by atoms with van der Waals surface area (Å²) in [6.07, 6.45) is 0. The van der Waals surface area contributed by atoms with E-state index in [0.717, 1.165) is 0 Å². The fraction of sp³-hybridized carbons (Fsp3) is 0.444. The minimum Gasteiger partial charge on any atom is -0.492 e. The van der Waals surface area contributed by atoms with Crippen molar-refractivity contribution in [1.29, 1.82) is 0 Å². The van der Waals surface area contributed by atoms with Gasteiger partial charge in [-0.25, -0.2) is 4.79 Å². The third kappa shape index (κ3) is 3.06. The molecule has 4 heteroatoms. The maximum Gasteiger partial charge on any atom is 0.346 e. The van der Waals surface area contributed by atoms with Crippen LogP contribution in [-0.4, -0.2) is 17.7 Å². The summed E-state index contributed by atoms with van der Waals surface area (Å²) in [7, 11) is 0. The van der Waals surface area contributed by atoms with Gasteiger partial charge in [0.1, 0.15) is 10.6 Å². The molecule has 0 amide bonds. The molecule has 0 bridgehead atoms. The molecule has 0 saturated carbocycles. The number of aromatic carboxylic acids is 1. The molecular weight excluding hydrogens is 188 g/mol. The van der Waals surface area contributed by atoms with Crippen LogP contribution in [0.4, 0.5) is 0 Å². The Labute approximate surface area is 81.0 Å². The van der Waals surface area contributed by atoms with E-state index in [4.69, 9.17) is 9.84 Å². The average Bonchev–Trinajstić information content (AvgIpc) is 2.48. The van der Waals surface area contributed by atoms with Crippen LogP contribution in [0.1, 0.15) is 23.5 Å². The molecule has 3 nitrogen and oxygen atoms in total. The highest BCUT2D eigenvalue weighted by Gasteiger charge is 2.07. The number of carboxylic acids is 1. The highest BCUT2D eigenvalue weighted by molar-refractivity contribution is 7.12. The molecule has 1 heterocycles. The summed E-state index contributed by atoms with van der Waals surface area (Å²) < 4.78 is 5.35. The van der Waals surface area contributed by atoms with Gasteiger partial charge in [0, 0.05) is 11.4 Å². The van der Waals surface area contributed by atoms with Crippen LogP contribution >= 0.6 is 11.3 Å². The minimum absolute atomic E-state index is 0.318. The maximum atomic E-state index is 10.5. The first-order chi connectivity index (χ1) is 6.09. The van der Waals surface area contributed by atoms with Crippen LogP contribution < -0.4 is 4.74 Å². The second-order valence-electron chi connectivity index (χ2n) is 3.16. The summed E-state index contributed by atoms with van der Waals surface area (Å²) in [5.74, 6) is 0.202. The van der Waals surface area contributed by atoms with Crippen LogP contribution in [0.25, 0.3) is 0 Å². The molecule has 72 valence electrons. The van der Waals surface area contributed by atoms with Crippen molar-refractivity contribution in [1.82, 2.24) is 0 Å². The van der Waals surface area contributed by atoms with E-state index in [1.54, 1.807) is 11.4 Å². The molecule has 0 aliphatic carbocycles. The van der Waals surface area contributed by atoms with E-state index in [-0.39, 0.29) is 0 Å². The number of carboxylic acid groups (broad SMARTS) is 1. The topological polar surface area (TPSA) is 46.5 Å². The van der Waals surface area contributed by atoms with Crippen molar-refractivity contribution in [2.45, 2.75) is 13.8 Å². The van der Waals surface area contributed by atoms with Crippen LogP contribution in [0.3, 0.4) is 0 Å². The van der Waals surface area contributed by atoms with Crippen molar-refractivity contribution in [3.63, 3.8) is 0 Å². The Kier molecular flexibility index (Phi) is 3.31. The van der Waals surface area contributed by atoms with Crippen molar-refractivity contribution in [3.05, 3.63) is 16.3 Å². The SMILES string of the molecule is CC(C)COc1csc(C(=O)O)c1. The van der Waals surface area contributed by atoms with Gasteiger partial charge in [-0.2, -0.15) is 0 Å². The Bertz CT molecular complexity index is 291. The second kappa shape index (κ2) is 4.28. The van der Waals surface area contributed by atoms with Gasteiger partial charge in [0.15, 0.2) is 0 Å². The number of carbonyl (C=O) groups is 1. The molecule has 13 heavy (non-hydrogen) atoms. The molecule has 0 aliphatic heterocycles. The van der Waals surface area contributed by atoms with E-state index in [0.29, 0.717) is 23.2 Å². The lowest BCUT2D eigenvalue weighted by Crippen LogP contribution is -2.03. The first kappa shape index (κ1) is 10.1. The number of ether oxygens (including phenoxy) is 1. The average molecular weight is 200 g/mol. The first-order valence-electron chi connectivity index (χ1n) is 4.04. The molecule has 0 aromatic carbocycles. The summed E-state index contributed by atoms with van der Waals surface area (Å²) in [6, 6.07) is 1.55. The molecule has 0 atom stereocenters. The normalized spacial score (nSPS) is 10.4. The lowest BCUT2D eigenvalue weighted by molar-refractivity contribution is 0.0702. The monoisotopic (exact) mass is 200 g/mol. The fourth-order valence-corrected chi connectivity index (χ4v) is 1.43. The zero-order valence-electron chi connectivity index (χ0n) is 7.61. The van der Waals surface area contributed by atoms with Crippen LogP contribution in [0.15, 0.2) is 11.4 Å². The van der Waals surface area contributed by atoms with Gasteiger partial charge in [-0.3, -0.25) is 0 Å². The van der Waals surface area contributed by atoms with Crippen molar-refractivity contribution in [2.24, 2.45) is 5.92 Å². The molecule has 0 saturated heterocycles. The summed E-state index contributed by atoms with van der Waals surface area (Å²) in [4.78, 5) is 10.8. The first-order valence-corrected chi connectivity index (χ1v) is 4.92. The van der Waals surface area contributed by atoms with Crippen LogP contribution in [0.5, 0.6) is 5.75 Å². The number of rotatable bonds is 4. The van der Waals surface area contributed by atoms with Gasteiger partial charge in [-0.05, 0) is 5.92 Å². The van der Waals surface area contributed by atoms with Crippen LogP contribution in [-0.2, 0) is 0 Å². The smallest absolute Gasteiger partial charge is 0.346 e. The Hall–Kier alpha value is -1.03. The third-order valence-electron chi connectivity index (χ3n) is 1.37. The zero-order chi connectivity index (χ0) is 9.84. The molecule has 1 aromatic heterocycles. The van der Waals surface area contributed by atoms with Gasteiger partial charge >= 0.3 is 5.97 Å². The van der Waals surface area contributed by atoms with E-state index in [9.17, 15) is 4.79 Å². The number of hydrogen-bond donors (Lipinski definition) is 1. The molecule has 0 spiro atoms. The number of thiophene rings is 1.